The van der Waals surface area contributed by atoms with Crippen LogP contribution >= 0.6 is 0 Å². The zero-order valence-electron chi connectivity index (χ0n) is 16.2. The standard InChI is InChI=1S/C18H30F3N3O3/c1-5-6-7-8-15(25)24-14(9-12(2)3)17(27)22-10-13(4)16(26)23-11-18(19,20)21/h12,14H,4-11H2,1-3H3,(H,22,27)(H,23,26)(H,24,25). The summed E-state index contributed by atoms with van der Waals surface area (Å²) in [6.07, 6.45) is -1.18. The Bertz CT molecular complexity index is 520. The van der Waals surface area contributed by atoms with E-state index in [2.05, 4.69) is 17.2 Å². The minimum absolute atomic E-state index is 0.134. The summed E-state index contributed by atoms with van der Waals surface area (Å²) in [5.41, 5.74) is -0.204. The van der Waals surface area contributed by atoms with Crippen molar-refractivity contribution in [2.45, 2.75) is 65.1 Å². The molecule has 0 aliphatic rings. The molecule has 0 heterocycles. The predicted molar refractivity (Wildman–Crippen MR) is 96.7 cm³/mol. The van der Waals surface area contributed by atoms with Crippen molar-refractivity contribution in [1.82, 2.24) is 16.0 Å². The SMILES string of the molecule is C=C(CNC(=O)C(CC(C)C)NC(=O)CCCCC)C(=O)NCC(F)(F)F. The van der Waals surface area contributed by atoms with Gasteiger partial charge in [0.1, 0.15) is 12.6 Å². The average molecular weight is 393 g/mol. The van der Waals surface area contributed by atoms with E-state index >= 15 is 0 Å². The number of amides is 3. The van der Waals surface area contributed by atoms with E-state index in [-0.39, 0.29) is 23.9 Å². The van der Waals surface area contributed by atoms with Crippen LogP contribution in [0.2, 0.25) is 0 Å². The van der Waals surface area contributed by atoms with E-state index in [1.807, 2.05) is 20.8 Å². The molecule has 3 N–H and O–H groups in total. The maximum atomic E-state index is 12.3. The summed E-state index contributed by atoms with van der Waals surface area (Å²) in [4.78, 5) is 35.8. The van der Waals surface area contributed by atoms with E-state index in [0.717, 1.165) is 19.3 Å². The van der Waals surface area contributed by atoms with Crippen molar-refractivity contribution in [3.63, 3.8) is 0 Å². The number of alkyl halides is 3. The third-order valence-corrected chi connectivity index (χ3v) is 3.61. The van der Waals surface area contributed by atoms with Crippen molar-refractivity contribution >= 4 is 17.7 Å². The van der Waals surface area contributed by atoms with Gasteiger partial charge in [-0.1, -0.05) is 40.2 Å². The Morgan fingerprint density at radius 3 is 2.22 bits per heavy atom. The lowest BCUT2D eigenvalue weighted by molar-refractivity contribution is -0.136. The van der Waals surface area contributed by atoms with Crippen LogP contribution < -0.4 is 16.0 Å². The molecule has 1 atom stereocenters. The molecular formula is C18H30F3N3O3. The van der Waals surface area contributed by atoms with Crippen molar-refractivity contribution in [1.29, 1.82) is 0 Å². The molecule has 0 aliphatic carbocycles. The Balaban J connectivity index is 4.56. The van der Waals surface area contributed by atoms with Crippen LogP contribution in [0.3, 0.4) is 0 Å². The number of hydrogen-bond acceptors (Lipinski definition) is 3. The van der Waals surface area contributed by atoms with Gasteiger partial charge in [-0.2, -0.15) is 13.2 Å². The smallest absolute Gasteiger partial charge is 0.350 e. The van der Waals surface area contributed by atoms with E-state index in [4.69, 9.17) is 0 Å². The minimum Gasteiger partial charge on any atom is -0.350 e. The molecule has 0 saturated heterocycles. The fourth-order valence-electron chi connectivity index (χ4n) is 2.21. The Morgan fingerprint density at radius 2 is 1.70 bits per heavy atom. The van der Waals surface area contributed by atoms with E-state index in [1.165, 1.54) is 0 Å². The Hall–Kier alpha value is -2.06. The summed E-state index contributed by atoms with van der Waals surface area (Å²) in [7, 11) is 0. The van der Waals surface area contributed by atoms with E-state index in [0.29, 0.717) is 12.8 Å². The number of carbonyl (C=O) groups excluding carboxylic acids is 3. The van der Waals surface area contributed by atoms with Crippen LogP contribution in [0.25, 0.3) is 0 Å². The third-order valence-electron chi connectivity index (χ3n) is 3.61. The molecule has 9 heteroatoms. The number of halogens is 3. The van der Waals surface area contributed by atoms with Gasteiger partial charge in [-0.15, -0.1) is 0 Å². The molecule has 6 nitrogen and oxygen atoms in total. The summed E-state index contributed by atoms with van der Waals surface area (Å²) in [6.45, 7) is 7.41. The summed E-state index contributed by atoms with van der Waals surface area (Å²) in [5, 5.41) is 6.80. The molecule has 156 valence electrons. The second kappa shape index (κ2) is 12.3. The second-order valence-electron chi connectivity index (χ2n) is 6.83. The number of rotatable bonds is 12. The quantitative estimate of drug-likeness (QED) is 0.352. The first kappa shape index (κ1) is 24.9. The molecule has 0 saturated carbocycles. The van der Waals surface area contributed by atoms with Crippen LogP contribution in [0.5, 0.6) is 0 Å². The maximum Gasteiger partial charge on any atom is 0.405 e. The second-order valence-corrected chi connectivity index (χ2v) is 6.83. The van der Waals surface area contributed by atoms with Crippen LogP contribution in [0.15, 0.2) is 12.2 Å². The molecule has 0 fully saturated rings. The van der Waals surface area contributed by atoms with Crippen LogP contribution in [0.4, 0.5) is 13.2 Å². The number of nitrogens with one attached hydrogen (secondary N) is 3. The van der Waals surface area contributed by atoms with Crippen molar-refractivity contribution in [2.75, 3.05) is 13.1 Å². The van der Waals surface area contributed by atoms with Gasteiger partial charge in [0.05, 0.1) is 0 Å². The summed E-state index contributed by atoms with van der Waals surface area (Å²) in [5.74, 6) is -1.59. The van der Waals surface area contributed by atoms with Crippen LogP contribution in [-0.4, -0.2) is 43.0 Å². The zero-order valence-corrected chi connectivity index (χ0v) is 16.2. The fourth-order valence-corrected chi connectivity index (χ4v) is 2.21. The summed E-state index contributed by atoms with van der Waals surface area (Å²) < 4.78 is 36.3. The van der Waals surface area contributed by atoms with E-state index in [9.17, 15) is 27.6 Å². The average Bonchev–Trinajstić information content (AvgIpc) is 2.55. The van der Waals surface area contributed by atoms with Gasteiger partial charge in [0, 0.05) is 18.5 Å². The minimum atomic E-state index is -4.52. The number of unbranched alkanes of at least 4 members (excludes halogenated alkanes) is 2. The van der Waals surface area contributed by atoms with Gasteiger partial charge in [-0.25, -0.2) is 0 Å². The van der Waals surface area contributed by atoms with Gasteiger partial charge in [0.2, 0.25) is 17.7 Å². The van der Waals surface area contributed by atoms with Gasteiger partial charge in [0.25, 0.3) is 0 Å². The van der Waals surface area contributed by atoms with Gasteiger partial charge < -0.3 is 16.0 Å². The topological polar surface area (TPSA) is 87.3 Å². The first-order valence-electron chi connectivity index (χ1n) is 9.06. The van der Waals surface area contributed by atoms with Gasteiger partial charge in [-0.3, -0.25) is 14.4 Å². The summed E-state index contributed by atoms with van der Waals surface area (Å²) in [6, 6.07) is -0.773. The molecular weight excluding hydrogens is 363 g/mol. The molecule has 0 bridgehead atoms. The van der Waals surface area contributed by atoms with Crippen molar-refractivity contribution < 1.29 is 27.6 Å². The highest BCUT2D eigenvalue weighted by molar-refractivity contribution is 5.94. The molecule has 0 rings (SSSR count). The predicted octanol–water partition coefficient (Wildman–Crippen LogP) is 2.45. The van der Waals surface area contributed by atoms with E-state index in [1.54, 1.807) is 5.32 Å². The molecule has 1 unspecified atom stereocenters. The largest absolute Gasteiger partial charge is 0.405 e. The first-order valence-corrected chi connectivity index (χ1v) is 9.06. The Labute approximate surface area is 158 Å². The van der Waals surface area contributed by atoms with Gasteiger partial charge in [0.15, 0.2) is 0 Å². The van der Waals surface area contributed by atoms with Gasteiger partial charge in [-0.05, 0) is 18.8 Å². The Morgan fingerprint density at radius 1 is 1.07 bits per heavy atom. The highest BCUT2D eigenvalue weighted by Crippen LogP contribution is 2.12. The zero-order chi connectivity index (χ0) is 21.0. The lowest BCUT2D eigenvalue weighted by atomic mass is 10.0. The normalized spacial score (nSPS) is 12.4. The molecule has 0 spiro atoms. The monoisotopic (exact) mass is 393 g/mol. The first-order chi connectivity index (χ1) is 12.5. The molecule has 0 aromatic heterocycles. The lowest BCUT2D eigenvalue weighted by Gasteiger charge is -2.20. The summed E-state index contributed by atoms with van der Waals surface area (Å²) >= 11 is 0. The fraction of sp³-hybridized carbons (Fsp3) is 0.722. The Kier molecular flexibility index (Phi) is 11.4. The molecule has 3 amide bonds. The number of hydrogen-bond donors (Lipinski definition) is 3. The third kappa shape index (κ3) is 12.9. The van der Waals surface area contributed by atoms with Crippen LogP contribution in [0, 0.1) is 5.92 Å². The van der Waals surface area contributed by atoms with Crippen LogP contribution in [0.1, 0.15) is 52.9 Å². The molecule has 0 radical (unpaired) electrons. The van der Waals surface area contributed by atoms with Crippen molar-refractivity contribution in [3.05, 3.63) is 12.2 Å². The highest BCUT2D eigenvalue weighted by atomic mass is 19.4. The molecule has 27 heavy (non-hydrogen) atoms. The van der Waals surface area contributed by atoms with E-state index < -0.39 is 30.6 Å². The highest BCUT2D eigenvalue weighted by Gasteiger charge is 2.28. The van der Waals surface area contributed by atoms with Crippen molar-refractivity contribution in [2.24, 2.45) is 5.92 Å². The molecule has 0 aliphatic heterocycles. The maximum absolute atomic E-state index is 12.3. The number of carbonyl (C=O) groups is 3. The molecule has 0 aromatic rings. The van der Waals surface area contributed by atoms with Gasteiger partial charge >= 0.3 is 6.18 Å². The molecule has 0 aromatic carbocycles. The lowest BCUT2D eigenvalue weighted by Crippen LogP contribution is -2.48. The van der Waals surface area contributed by atoms with Crippen molar-refractivity contribution in [3.8, 4) is 0 Å². The van der Waals surface area contributed by atoms with Crippen LogP contribution in [-0.2, 0) is 14.4 Å².